The summed E-state index contributed by atoms with van der Waals surface area (Å²) in [6.07, 6.45) is 0. The Morgan fingerprint density at radius 1 is 0.684 bits per heavy atom. The summed E-state index contributed by atoms with van der Waals surface area (Å²) >= 11 is 4.36. The zero-order valence-corrected chi connectivity index (χ0v) is 16.0. The zero-order chi connectivity index (χ0) is 15.5. The van der Waals surface area contributed by atoms with E-state index in [1.165, 1.54) is 0 Å². The largest absolute Gasteiger partial charge is 0.503 e. The third-order valence-corrected chi connectivity index (χ3v) is 6.08. The van der Waals surface area contributed by atoms with Gasteiger partial charge in [0.2, 0.25) is 0 Å². The van der Waals surface area contributed by atoms with Gasteiger partial charge in [-0.1, -0.05) is 0 Å². The van der Waals surface area contributed by atoms with E-state index in [4.69, 9.17) is 13.3 Å². The molecule has 0 saturated heterocycles. The Kier molecular flexibility index (Phi) is 6.63. The highest BCUT2D eigenvalue weighted by Gasteiger charge is 2.49. The van der Waals surface area contributed by atoms with Crippen LogP contribution in [0.5, 0.6) is 0 Å². The van der Waals surface area contributed by atoms with Gasteiger partial charge in [-0.05, 0) is 68.1 Å². The molecule has 0 amide bonds. The SMILES string of the molecule is CC(C)(C)O[Si](CCS)(OC(C)(C)C)OC(C)(C)C. The predicted octanol–water partition coefficient (Wildman–Crippen LogP) is 4.30. The molecule has 0 heterocycles. The van der Waals surface area contributed by atoms with Crippen LogP contribution in [0.1, 0.15) is 62.3 Å². The predicted molar refractivity (Wildman–Crippen MR) is 86.9 cm³/mol. The van der Waals surface area contributed by atoms with Crippen LogP contribution >= 0.6 is 12.6 Å². The van der Waals surface area contributed by atoms with E-state index in [2.05, 4.69) is 12.6 Å². The first-order valence-corrected chi connectivity index (χ1v) is 9.46. The average molecular weight is 309 g/mol. The Bertz CT molecular complexity index is 233. The lowest BCUT2D eigenvalue weighted by molar-refractivity contribution is -0.0743. The minimum absolute atomic E-state index is 0.300. The van der Waals surface area contributed by atoms with E-state index >= 15 is 0 Å². The summed E-state index contributed by atoms with van der Waals surface area (Å²) in [7, 11) is -2.78. The van der Waals surface area contributed by atoms with Gasteiger partial charge in [-0.25, -0.2) is 0 Å². The quantitative estimate of drug-likeness (QED) is 0.606. The van der Waals surface area contributed by atoms with Gasteiger partial charge in [0, 0.05) is 6.04 Å². The topological polar surface area (TPSA) is 27.7 Å². The molecule has 3 nitrogen and oxygen atoms in total. The summed E-state index contributed by atoms with van der Waals surface area (Å²) in [4.78, 5) is 0. The van der Waals surface area contributed by atoms with Crippen molar-refractivity contribution in [3.63, 3.8) is 0 Å². The second kappa shape index (κ2) is 6.48. The van der Waals surface area contributed by atoms with Crippen LogP contribution in [-0.2, 0) is 13.3 Å². The van der Waals surface area contributed by atoms with Gasteiger partial charge in [0.15, 0.2) is 0 Å². The fourth-order valence-corrected chi connectivity index (χ4v) is 6.08. The van der Waals surface area contributed by atoms with Crippen LogP contribution < -0.4 is 0 Å². The van der Waals surface area contributed by atoms with E-state index < -0.39 is 8.80 Å². The van der Waals surface area contributed by atoms with E-state index in [0.29, 0.717) is 11.8 Å². The molecular weight excluding hydrogens is 276 g/mol. The lowest BCUT2D eigenvalue weighted by Gasteiger charge is -2.42. The molecule has 0 bridgehead atoms. The monoisotopic (exact) mass is 308 g/mol. The lowest BCUT2D eigenvalue weighted by Crippen LogP contribution is -2.57. The maximum Gasteiger partial charge on any atom is 0.503 e. The number of hydrogen-bond acceptors (Lipinski definition) is 4. The summed E-state index contributed by atoms with van der Waals surface area (Å²) < 4.78 is 18.8. The Morgan fingerprint density at radius 3 is 1.11 bits per heavy atom. The van der Waals surface area contributed by atoms with Gasteiger partial charge in [-0.2, -0.15) is 12.6 Å². The van der Waals surface area contributed by atoms with Crippen LogP contribution in [0.15, 0.2) is 0 Å². The van der Waals surface area contributed by atoms with E-state index in [9.17, 15) is 0 Å². The van der Waals surface area contributed by atoms with Crippen molar-refractivity contribution < 1.29 is 13.3 Å². The van der Waals surface area contributed by atoms with Crippen molar-refractivity contribution in [1.29, 1.82) is 0 Å². The maximum absolute atomic E-state index is 6.26. The molecule has 0 aromatic rings. The fraction of sp³-hybridized carbons (Fsp3) is 1.00. The molecule has 0 spiro atoms. The Hall–Kier alpha value is 0.447. The normalized spacial score (nSPS) is 14.8. The van der Waals surface area contributed by atoms with E-state index in [1.807, 2.05) is 62.3 Å². The maximum atomic E-state index is 6.26. The minimum Gasteiger partial charge on any atom is -0.368 e. The summed E-state index contributed by atoms with van der Waals surface area (Å²) in [6, 6.07) is 0.710. The molecule has 0 aliphatic carbocycles. The molecule has 0 saturated carbocycles. The molecule has 0 aliphatic rings. The fourth-order valence-electron chi connectivity index (χ4n) is 1.75. The zero-order valence-electron chi connectivity index (χ0n) is 14.1. The molecule has 0 aliphatic heterocycles. The summed E-state index contributed by atoms with van der Waals surface area (Å²) in [5, 5.41) is 0. The Morgan fingerprint density at radius 2 is 0.947 bits per heavy atom. The van der Waals surface area contributed by atoms with E-state index in [0.717, 1.165) is 0 Å². The van der Waals surface area contributed by atoms with Crippen LogP contribution in [0, 0.1) is 0 Å². The van der Waals surface area contributed by atoms with Gasteiger partial charge in [0.05, 0.1) is 16.8 Å². The third kappa shape index (κ3) is 9.90. The summed E-state index contributed by atoms with van der Waals surface area (Å²) in [5.74, 6) is 0.689. The summed E-state index contributed by atoms with van der Waals surface area (Å²) in [6.45, 7) is 18.3. The second-order valence-corrected chi connectivity index (χ2v) is 10.7. The van der Waals surface area contributed by atoms with Gasteiger partial charge >= 0.3 is 8.80 Å². The molecule has 0 N–H and O–H groups in total. The van der Waals surface area contributed by atoms with Crippen molar-refractivity contribution in [3.8, 4) is 0 Å². The molecule has 0 fully saturated rings. The van der Waals surface area contributed by atoms with Crippen LogP contribution in [0.25, 0.3) is 0 Å². The van der Waals surface area contributed by atoms with Crippen LogP contribution in [0.4, 0.5) is 0 Å². The van der Waals surface area contributed by atoms with Gasteiger partial charge in [0.25, 0.3) is 0 Å². The first-order valence-electron chi connectivity index (χ1n) is 6.89. The molecule has 116 valence electrons. The van der Waals surface area contributed by atoms with Crippen molar-refractivity contribution in [2.45, 2.75) is 85.2 Å². The smallest absolute Gasteiger partial charge is 0.368 e. The first kappa shape index (κ1) is 19.4. The number of thiol groups is 1. The second-order valence-electron chi connectivity index (χ2n) is 7.80. The van der Waals surface area contributed by atoms with Crippen molar-refractivity contribution in [3.05, 3.63) is 0 Å². The van der Waals surface area contributed by atoms with Crippen molar-refractivity contribution in [2.24, 2.45) is 0 Å². The van der Waals surface area contributed by atoms with Gasteiger partial charge in [-0.3, -0.25) is 0 Å². The molecule has 0 radical (unpaired) electrons. The highest BCUT2D eigenvalue weighted by molar-refractivity contribution is 7.80. The molecule has 19 heavy (non-hydrogen) atoms. The van der Waals surface area contributed by atoms with Crippen LogP contribution in [0.2, 0.25) is 6.04 Å². The van der Waals surface area contributed by atoms with E-state index in [1.54, 1.807) is 0 Å². The van der Waals surface area contributed by atoms with Crippen molar-refractivity contribution >= 4 is 21.4 Å². The number of rotatable bonds is 5. The molecule has 0 atom stereocenters. The molecule has 0 rings (SSSR count). The first-order chi connectivity index (χ1) is 8.18. The Labute approximate surface area is 126 Å². The molecule has 0 aromatic carbocycles. The summed E-state index contributed by atoms with van der Waals surface area (Å²) in [5.41, 5.74) is -0.900. The lowest BCUT2D eigenvalue weighted by atomic mass is 10.2. The Balaban J connectivity index is 5.34. The van der Waals surface area contributed by atoms with Gasteiger partial charge in [0.1, 0.15) is 0 Å². The van der Waals surface area contributed by atoms with Gasteiger partial charge in [-0.15, -0.1) is 0 Å². The molecule has 5 heteroatoms. The highest BCUT2D eigenvalue weighted by Crippen LogP contribution is 2.31. The van der Waals surface area contributed by atoms with Crippen molar-refractivity contribution in [1.82, 2.24) is 0 Å². The third-order valence-electron chi connectivity index (χ3n) is 1.80. The number of hydrogen-bond donors (Lipinski definition) is 1. The highest BCUT2D eigenvalue weighted by atomic mass is 32.1. The van der Waals surface area contributed by atoms with Crippen molar-refractivity contribution in [2.75, 3.05) is 5.75 Å². The van der Waals surface area contributed by atoms with E-state index in [-0.39, 0.29) is 16.8 Å². The van der Waals surface area contributed by atoms with Gasteiger partial charge < -0.3 is 13.3 Å². The molecule has 0 aromatic heterocycles. The van der Waals surface area contributed by atoms with Crippen LogP contribution in [-0.4, -0.2) is 31.4 Å². The molecular formula is C14H32O3SSi. The standard InChI is InChI=1S/C14H32O3SSi/c1-12(2,3)15-19(11-10-18,16-13(4,5)6)17-14(7,8)9/h18H,10-11H2,1-9H3. The average Bonchev–Trinajstić information content (AvgIpc) is 1.90. The van der Waals surface area contributed by atoms with Crippen LogP contribution in [0.3, 0.4) is 0 Å². The minimum atomic E-state index is -2.78. The molecule has 0 unspecified atom stereocenters.